The average molecular weight is 326 g/mol. The zero-order valence-electron chi connectivity index (χ0n) is 14.8. The Kier molecular flexibility index (Phi) is 4.97. The number of hydrogen-bond acceptors (Lipinski definition) is 4. The van der Waals surface area contributed by atoms with Crippen LogP contribution in [0.25, 0.3) is 0 Å². The van der Waals surface area contributed by atoms with Gasteiger partial charge in [-0.25, -0.2) is 9.97 Å². The first-order chi connectivity index (χ1) is 11.6. The Hall–Kier alpha value is -2.17. The van der Waals surface area contributed by atoms with Crippen molar-refractivity contribution < 1.29 is 0 Å². The Bertz CT molecular complexity index is 760. The molecule has 3 rings (SSSR count). The summed E-state index contributed by atoms with van der Waals surface area (Å²) in [5, 5.41) is 0. The Morgan fingerprint density at radius 2 is 1.96 bits per heavy atom. The molecule has 0 N–H and O–H groups in total. The first-order valence-corrected chi connectivity index (χ1v) is 8.83. The van der Waals surface area contributed by atoms with Crippen molar-refractivity contribution in [2.75, 3.05) is 18.0 Å². The molecule has 2 aromatic rings. The molecule has 1 aliphatic rings. The van der Waals surface area contributed by atoms with Crippen molar-refractivity contribution in [3.8, 4) is 0 Å². The number of aryl methyl sites for hydroxylation is 3. The van der Waals surface area contributed by atoms with Gasteiger partial charge in [-0.05, 0) is 43.7 Å². The van der Waals surface area contributed by atoms with Crippen molar-refractivity contribution in [2.45, 2.75) is 45.4 Å². The summed E-state index contributed by atoms with van der Waals surface area (Å²) in [5.41, 5.74) is 2.28. The molecule has 0 aromatic carbocycles. The zero-order valence-corrected chi connectivity index (χ0v) is 14.8. The predicted octanol–water partition coefficient (Wildman–Crippen LogP) is 2.82. The minimum Gasteiger partial charge on any atom is -0.356 e. The maximum absolute atomic E-state index is 11.8. The largest absolute Gasteiger partial charge is 0.356 e. The van der Waals surface area contributed by atoms with E-state index in [0.29, 0.717) is 5.92 Å². The molecule has 24 heavy (non-hydrogen) atoms. The molecule has 5 nitrogen and oxygen atoms in total. The highest BCUT2D eigenvalue weighted by atomic mass is 16.1. The summed E-state index contributed by atoms with van der Waals surface area (Å²) in [4.78, 5) is 23.4. The van der Waals surface area contributed by atoms with Crippen molar-refractivity contribution in [1.82, 2.24) is 14.5 Å². The van der Waals surface area contributed by atoms with Gasteiger partial charge in [0, 0.05) is 50.6 Å². The van der Waals surface area contributed by atoms with Gasteiger partial charge in [0.25, 0.3) is 5.56 Å². The Morgan fingerprint density at radius 3 is 2.62 bits per heavy atom. The van der Waals surface area contributed by atoms with Crippen LogP contribution in [-0.2, 0) is 13.5 Å². The van der Waals surface area contributed by atoms with E-state index in [2.05, 4.69) is 28.9 Å². The molecule has 0 unspecified atom stereocenters. The van der Waals surface area contributed by atoms with Gasteiger partial charge in [-0.3, -0.25) is 4.79 Å². The van der Waals surface area contributed by atoms with E-state index in [9.17, 15) is 4.79 Å². The number of rotatable bonds is 4. The lowest BCUT2D eigenvalue weighted by molar-refractivity contribution is 0.500. The van der Waals surface area contributed by atoms with Gasteiger partial charge in [-0.2, -0.15) is 0 Å². The number of anilines is 1. The second-order valence-corrected chi connectivity index (χ2v) is 6.70. The molecule has 2 aromatic heterocycles. The second-order valence-electron chi connectivity index (χ2n) is 6.70. The fourth-order valence-electron chi connectivity index (χ4n) is 3.37. The van der Waals surface area contributed by atoms with E-state index < -0.39 is 0 Å². The van der Waals surface area contributed by atoms with Gasteiger partial charge in [0.1, 0.15) is 11.6 Å². The number of hydrogen-bond donors (Lipinski definition) is 0. The van der Waals surface area contributed by atoms with E-state index in [1.54, 1.807) is 17.7 Å². The standard InChI is InChI=1S/C19H26N4O/c1-4-5-17-20-14(2)12-18(21-17)23-10-7-15(8-11-23)16-6-9-22(3)19(24)13-16/h6,9,12-13,15H,4-5,7-8,10-11H2,1-3H3. The van der Waals surface area contributed by atoms with E-state index in [1.807, 2.05) is 13.1 Å². The summed E-state index contributed by atoms with van der Waals surface area (Å²) in [6, 6.07) is 5.95. The molecule has 0 atom stereocenters. The molecule has 3 heterocycles. The van der Waals surface area contributed by atoms with Crippen molar-refractivity contribution in [2.24, 2.45) is 7.05 Å². The Labute approximate surface area is 143 Å². The summed E-state index contributed by atoms with van der Waals surface area (Å²) in [6.07, 6.45) is 5.97. The number of aromatic nitrogens is 3. The topological polar surface area (TPSA) is 51.0 Å². The summed E-state index contributed by atoms with van der Waals surface area (Å²) < 4.78 is 1.62. The van der Waals surface area contributed by atoms with Crippen LogP contribution in [0.5, 0.6) is 0 Å². The van der Waals surface area contributed by atoms with Gasteiger partial charge in [0.15, 0.2) is 0 Å². The van der Waals surface area contributed by atoms with Crippen LogP contribution in [0, 0.1) is 6.92 Å². The predicted molar refractivity (Wildman–Crippen MR) is 96.6 cm³/mol. The van der Waals surface area contributed by atoms with E-state index >= 15 is 0 Å². The lowest BCUT2D eigenvalue weighted by Gasteiger charge is -2.33. The van der Waals surface area contributed by atoms with Crippen LogP contribution in [0.2, 0.25) is 0 Å². The summed E-state index contributed by atoms with van der Waals surface area (Å²) in [5.74, 6) is 2.46. The molecule has 0 radical (unpaired) electrons. The van der Waals surface area contributed by atoms with Crippen LogP contribution in [0.1, 0.15) is 49.2 Å². The summed E-state index contributed by atoms with van der Waals surface area (Å²) >= 11 is 0. The van der Waals surface area contributed by atoms with Gasteiger partial charge in [0.05, 0.1) is 0 Å². The van der Waals surface area contributed by atoms with E-state index in [4.69, 9.17) is 4.98 Å². The minimum atomic E-state index is 0.0746. The molecular weight excluding hydrogens is 300 g/mol. The number of nitrogens with zero attached hydrogens (tertiary/aromatic N) is 4. The first-order valence-electron chi connectivity index (χ1n) is 8.83. The van der Waals surface area contributed by atoms with Crippen LogP contribution in [0.3, 0.4) is 0 Å². The molecule has 0 aliphatic carbocycles. The fraction of sp³-hybridized carbons (Fsp3) is 0.526. The van der Waals surface area contributed by atoms with Crippen molar-refractivity contribution in [3.63, 3.8) is 0 Å². The van der Waals surface area contributed by atoms with Crippen LogP contribution in [0.4, 0.5) is 5.82 Å². The minimum absolute atomic E-state index is 0.0746. The van der Waals surface area contributed by atoms with E-state index in [0.717, 1.165) is 56.1 Å². The molecule has 128 valence electrons. The van der Waals surface area contributed by atoms with Crippen LogP contribution >= 0.6 is 0 Å². The third-order valence-corrected chi connectivity index (χ3v) is 4.78. The number of piperidine rings is 1. The normalized spacial score (nSPS) is 15.7. The van der Waals surface area contributed by atoms with E-state index in [1.165, 1.54) is 5.56 Å². The highest BCUT2D eigenvalue weighted by Gasteiger charge is 2.22. The molecule has 0 bridgehead atoms. The molecule has 0 amide bonds. The van der Waals surface area contributed by atoms with Crippen LogP contribution < -0.4 is 10.5 Å². The van der Waals surface area contributed by atoms with Gasteiger partial charge in [-0.1, -0.05) is 6.92 Å². The average Bonchev–Trinajstić information content (AvgIpc) is 2.57. The summed E-state index contributed by atoms with van der Waals surface area (Å²) in [7, 11) is 1.79. The second kappa shape index (κ2) is 7.16. The zero-order chi connectivity index (χ0) is 17.1. The molecule has 1 fully saturated rings. The molecule has 1 saturated heterocycles. The lowest BCUT2D eigenvalue weighted by Crippen LogP contribution is -2.34. The molecule has 0 spiro atoms. The highest BCUT2D eigenvalue weighted by Crippen LogP contribution is 2.29. The molecule has 5 heteroatoms. The van der Waals surface area contributed by atoms with Crippen molar-refractivity contribution in [1.29, 1.82) is 0 Å². The maximum Gasteiger partial charge on any atom is 0.250 e. The van der Waals surface area contributed by atoms with Crippen LogP contribution in [-0.4, -0.2) is 27.6 Å². The van der Waals surface area contributed by atoms with Gasteiger partial charge < -0.3 is 9.47 Å². The molecular formula is C19H26N4O. The van der Waals surface area contributed by atoms with Gasteiger partial charge >= 0.3 is 0 Å². The van der Waals surface area contributed by atoms with Crippen molar-refractivity contribution in [3.05, 3.63) is 51.8 Å². The summed E-state index contributed by atoms with van der Waals surface area (Å²) in [6.45, 7) is 6.14. The Morgan fingerprint density at radius 1 is 1.21 bits per heavy atom. The lowest BCUT2D eigenvalue weighted by atomic mass is 9.90. The Balaban J connectivity index is 1.70. The third-order valence-electron chi connectivity index (χ3n) is 4.78. The fourth-order valence-corrected chi connectivity index (χ4v) is 3.37. The maximum atomic E-state index is 11.8. The van der Waals surface area contributed by atoms with Gasteiger partial charge in [0.2, 0.25) is 0 Å². The highest BCUT2D eigenvalue weighted by molar-refractivity contribution is 5.40. The SMILES string of the molecule is CCCc1nc(C)cc(N2CCC(c3ccn(C)c(=O)c3)CC2)n1. The van der Waals surface area contributed by atoms with Crippen molar-refractivity contribution >= 4 is 5.82 Å². The quantitative estimate of drug-likeness (QED) is 0.867. The smallest absolute Gasteiger partial charge is 0.250 e. The van der Waals surface area contributed by atoms with Gasteiger partial charge in [-0.15, -0.1) is 0 Å². The van der Waals surface area contributed by atoms with E-state index in [-0.39, 0.29) is 5.56 Å². The molecule has 1 aliphatic heterocycles. The monoisotopic (exact) mass is 326 g/mol. The number of pyridine rings is 1. The third kappa shape index (κ3) is 3.66. The van der Waals surface area contributed by atoms with Crippen LogP contribution in [0.15, 0.2) is 29.2 Å². The molecule has 0 saturated carbocycles. The first kappa shape index (κ1) is 16.7.